The molecule has 2 N–H and O–H groups in total. The van der Waals surface area contributed by atoms with Gasteiger partial charge in [0, 0.05) is 60.6 Å². The van der Waals surface area contributed by atoms with E-state index in [1.165, 1.54) is 17.7 Å². The Kier molecular flexibility index (Phi) is 11.1. The molecule has 298 valence electrons. The molecular formula is C45H42F4N6O3. The van der Waals surface area contributed by atoms with Crippen LogP contribution in [0.2, 0.25) is 0 Å². The topological polar surface area (TPSA) is 99.7 Å². The standard InChI is InChI=1S/C45H42F4N6O3/c46-42-38(5-3-7-40(42)53-44(57)55-20-16-30(17-21-55)22-31-24-34-4-1-2-6-39(34)50-27-31)33-8-9-35-25-32(28-51-41(35)26-33)23-29-14-18-54(19-15-29)43(56)52-36-10-12-37(13-11-36)58-45(47,48)49/h1-13,24-30H,14-23H2,(H,52,56)(H,53,57). The maximum absolute atomic E-state index is 15.9. The lowest BCUT2D eigenvalue weighted by Crippen LogP contribution is -2.41. The molecule has 0 aliphatic carbocycles. The molecule has 2 aromatic heterocycles. The van der Waals surface area contributed by atoms with Crippen molar-refractivity contribution < 1.29 is 31.9 Å². The van der Waals surface area contributed by atoms with Gasteiger partial charge in [-0.1, -0.05) is 42.5 Å². The molecule has 6 aromatic rings. The van der Waals surface area contributed by atoms with Gasteiger partial charge in [0.25, 0.3) is 0 Å². The van der Waals surface area contributed by atoms with E-state index >= 15 is 4.39 Å². The van der Waals surface area contributed by atoms with Gasteiger partial charge in [0.05, 0.1) is 16.7 Å². The highest BCUT2D eigenvalue weighted by Gasteiger charge is 2.31. The number of rotatable bonds is 8. The average Bonchev–Trinajstić information content (AvgIpc) is 3.22. The van der Waals surface area contributed by atoms with Crippen LogP contribution >= 0.6 is 0 Å². The van der Waals surface area contributed by atoms with Crippen molar-refractivity contribution in [3.8, 4) is 16.9 Å². The van der Waals surface area contributed by atoms with Gasteiger partial charge >= 0.3 is 18.4 Å². The van der Waals surface area contributed by atoms with Crippen LogP contribution in [0, 0.1) is 17.7 Å². The van der Waals surface area contributed by atoms with Gasteiger partial charge in [-0.05, 0) is 122 Å². The number of urea groups is 2. The third-order valence-electron chi connectivity index (χ3n) is 11.1. The predicted octanol–water partition coefficient (Wildman–Crippen LogP) is 10.5. The first kappa shape index (κ1) is 38.6. The molecule has 4 heterocycles. The van der Waals surface area contributed by atoms with Crippen LogP contribution in [0.15, 0.2) is 109 Å². The quantitative estimate of drug-likeness (QED) is 0.150. The normalized spacial score (nSPS) is 15.4. The monoisotopic (exact) mass is 790 g/mol. The van der Waals surface area contributed by atoms with Crippen molar-refractivity contribution in [2.75, 3.05) is 36.8 Å². The predicted molar refractivity (Wildman–Crippen MR) is 216 cm³/mol. The fourth-order valence-electron chi connectivity index (χ4n) is 8.01. The average molecular weight is 791 g/mol. The van der Waals surface area contributed by atoms with Gasteiger partial charge in [-0.25, -0.2) is 14.0 Å². The summed E-state index contributed by atoms with van der Waals surface area (Å²) in [7, 11) is 0. The lowest BCUT2D eigenvalue weighted by molar-refractivity contribution is -0.274. The number of hydrogen-bond donors (Lipinski definition) is 2. The first-order valence-electron chi connectivity index (χ1n) is 19.5. The van der Waals surface area contributed by atoms with Gasteiger partial charge in [-0.2, -0.15) is 0 Å². The van der Waals surface area contributed by atoms with E-state index in [0.717, 1.165) is 78.0 Å². The smallest absolute Gasteiger partial charge is 0.406 e. The van der Waals surface area contributed by atoms with Crippen molar-refractivity contribution in [3.63, 3.8) is 0 Å². The van der Waals surface area contributed by atoms with Crippen LogP contribution < -0.4 is 15.4 Å². The largest absolute Gasteiger partial charge is 0.573 e. The molecule has 0 saturated carbocycles. The SMILES string of the molecule is O=C(Nc1ccc(OC(F)(F)F)cc1)N1CCC(Cc2cnc3cc(-c4cccc(NC(=O)N5CCC(Cc6cnc7ccccc7c6)CC5)c4F)ccc3c2)CC1. The Bertz CT molecular complexity index is 2430. The number of nitrogens with zero attached hydrogens (tertiary/aromatic N) is 4. The molecule has 9 nitrogen and oxygen atoms in total. The highest BCUT2D eigenvalue weighted by Crippen LogP contribution is 2.32. The number of benzene rings is 4. The number of nitrogens with one attached hydrogen (secondary N) is 2. The van der Waals surface area contributed by atoms with E-state index in [4.69, 9.17) is 4.98 Å². The molecule has 2 saturated heterocycles. The second-order valence-electron chi connectivity index (χ2n) is 15.2. The summed E-state index contributed by atoms with van der Waals surface area (Å²) >= 11 is 0. The van der Waals surface area contributed by atoms with E-state index in [1.54, 1.807) is 28.0 Å². The van der Waals surface area contributed by atoms with E-state index < -0.39 is 12.2 Å². The number of ether oxygens (including phenoxy) is 1. The van der Waals surface area contributed by atoms with E-state index in [1.807, 2.05) is 48.8 Å². The maximum Gasteiger partial charge on any atom is 0.573 e. The molecule has 2 aliphatic heterocycles. The minimum atomic E-state index is -4.78. The highest BCUT2D eigenvalue weighted by atomic mass is 19.4. The van der Waals surface area contributed by atoms with Crippen molar-refractivity contribution in [3.05, 3.63) is 126 Å². The molecule has 13 heteroatoms. The number of carbonyl (C=O) groups excluding carboxylic acids is 2. The Morgan fingerprint density at radius 2 is 1.26 bits per heavy atom. The number of halogens is 4. The summed E-state index contributed by atoms with van der Waals surface area (Å²) in [5.74, 6) is -0.0724. The summed E-state index contributed by atoms with van der Waals surface area (Å²) in [6.45, 7) is 2.29. The van der Waals surface area contributed by atoms with Crippen molar-refractivity contribution in [2.24, 2.45) is 11.8 Å². The van der Waals surface area contributed by atoms with Crippen LogP contribution in [-0.2, 0) is 12.8 Å². The summed E-state index contributed by atoms with van der Waals surface area (Å²) in [4.78, 5) is 38.8. The van der Waals surface area contributed by atoms with Crippen molar-refractivity contribution in [2.45, 2.75) is 44.9 Å². The Morgan fingerprint density at radius 1 is 0.672 bits per heavy atom. The third-order valence-corrected chi connectivity index (χ3v) is 11.1. The molecule has 4 aromatic carbocycles. The molecule has 0 atom stereocenters. The van der Waals surface area contributed by atoms with Crippen molar-refractivity contribution in [1.29, 1.82) is 0 Å². The summed E-state index contributed by atoms with van der Waals surface area (Å²) in [5.41, 5.74) is 5.50. The Labute approximate surface area is 333 Å². The van der Waals surface area contributed by atoms with Crippen LogP contribution in [-0.4, -0.2) is 64.4 Å². The van der Waals surface area contributed by atoms with Gasteiger partial charge < -0.3 is 25.2 Å². The minimum absolute atomic E-state index is 0.132. The number of para-hydroxylation sites is 1. The number of carbonyl (C=O) groups is 2. The van der Waals surface area contributed by atoms with Crippen molar-refractivity contribution in [1.82, 2.24) is 19.8 Å². The second kappa shape index (κ2) is 16.7. The van der Waals surface area contributed by atoms with Gasteiger partial charge in [-0.3, -0.25) is 9.97 Å². The molecule has 58 heavy (non-hydrogen) atoms. The second-order valence-corrected chi connectivity index (χ2v) is 15.2. The first-order chi connectivity index (χ1) is 28.0. The van der Waals surface area contributed by atoms with Gasteiger partial charge in [-0.15, -0.1) is 13.2 Å². The fourth-order valence-corrected chi connectivity index (χ4v) is 8.01. The van der Waals surface area contributed by atoms with E-state index in [9.17, 15) is 22.8 Å². The molecule has 0 unspecified atom stereocenters. The number of aromatic nitrogens is 2. The maximum atomic E-state index is 15.9. The van der Waals surface area contributed by atoms with Gasteiger partial charge in [0.2, 0.25) is 0 Å². The lowest BCUT2D eigenvalue weighted by Gasteiger charge is -2.32. The number of likely N-dealkylation sites (tertiary alicyclic amines) is 2. The van der Waals surface area contributed by atoms with Crippen LogP contribution in [0.25, 0.3) is 32.9 Å². The Hall–Kier alpha value is -6.24. The highest BCUT2D eigenvalue weighted by molar-refractivity contribution is 5.92. The van der Waals surface area contributed by atoms with Crippen LogP contribution in [0.5, 0.6) is 5.75 Å². The molecule has 2 aliphatic rings. The fraction of sp³-hybridized carbons (Fsp3) is 0.289. The van der Waals surface area contributed by atoms with Gasteiger partial charge in [0.15, 0.2) is 5.82 Å². The summed E-state index contributed by atoms with van der Waals surface area (Å²) in [6.07, 6.45) is 4.01. The third kappa shape index (κ3) is 9.30. The number of alkyl halides is 3. The molecule has 0 bridgehead atoms. The minimum Gasteiger partial charge on any atom is -0.406 e. The number of anilines is 2. The van der Waals surface area contributed by atoms with Crippen molar-refractivity contribution >= 4 is 45.2 Å². The van der Waals surface area contributed by atoms with E-state index in [-0.39, 0.29) is 23.5 Å². The summed E-state index contributed by atoms with van der Waals surface area (Å²) < 4.78 is 57.2. The molecule has 0 radical (unpaired) electrons. The zero-order valence-electron chi connectivity index (χ0n) is 31.6. The number of hydrogen-bond acceptors (Lipinski definition) is 5. The van der Waals surface area contributed by atoms with Crippen LogP contribution in [0.1, 0.15) is 36.8 Å². The Balaban J connectivity index is 0.825. The van der Waals surface area contributed by atoms with Crippen LogP contribution in [0.4, 0.5) is 38.5 Å². The molecule has 4 amide bonds. The zero-order chi connectivity index (χ0) is 40.2. The number of fused-ring (bicyclic) bond motifs is 2. The Morgan fingerprint density at radius 3 is 1.90 bits per heavy atom. The first-order valence-corrected chi connectivity index (χ1v) is 19.5. The summed E-state index contributed by atoms with van der Waals surface area (Å²) in [6, 6.07) is 27.5. The molecular weight excluding hydrogens is 749 g/mol. The van der Waals surface area contributed by atoms with E-state index in [2.05, 4.69) is 38.6 Å². The number of pyridine rings is 2. The lowest BCUT2D eigenvalue weighted by atomic mass is 9.90. The zero-order valence-corrected chi connectivity index (χ0v) is 31.6. The number of amides is 4. The molecule has 0 spiro atoms. The molecule has 2 fully saturated rings. The molecule has 8 rings (SSSR count). The van der Waals surface area contributed by atoms with Gasteiger partial charge in [0.1, 0.15) is 5.75 Å². The van der Waals surface area contributed by atoms with Crippen LogP contribution in [0.3, 0.4) is 0 Å². The number of piperidine rings is 2. The summed E-state index contributed by atoms with van der Waals surface area (Å²) in [5, 5.41) is 7.60. The van der Waals surface area contributed by atoms with E-state index in [0.29, 0.717) is 54.8 Å².